The number of nitrogens with two attached hydrogens (primary N) is 1. The molecule has 1 atom stereocenters. The van der Waals surface area contributed by atoms with E-state index >= 15 is 0 Å². The molecule has 0 saturated carbocycles. The van der Waals surface area contributed by atoms with Crippen LogP contribution in [0.2, 0.25) is 0 Å². The number of hydrogen-bond acceptors (Lipinski definition) is 3. The van der Waals surface area contributed by atoms with Crippen LogP contribution < -0.4 is 11.1 Å². The van der Waals surface area contributed by atoms with Crippen LogP contribution in [0.4, 0.5) is 0 Å². The van der Waals surface area contributed by atoms with Gasteiger partial charge in [0, 0.05) is 13.2 Å². The summed E-state index contributed by atoms with van der Waals surface area (Å²) in [7, 11) is 1.79. The number of aryl methyl sites for hydroxylation is 2. The van der Waals surface area contributed by atoms with E-state index in [0.717, 1.165) is 5.69 Å². The Labute approximate surface area is 106 Å². The molecule has 3 N–H and O–H groups in total. The molecular formula is C11H18N4OS. The number of thiocarbonyl (C=S) groups is 1. The van der Waals surface area contributed by atoms with Crippen molar-refractivity contribution in [3.8, 4) is 0 Å². The molecule has 0 aromatic carbocycles. The van der Waals surface area contributed by atoms with E-state index in [2.05, 4.69) is 10.4 Å². The molecule has 0 radical (unpaired) electrons. The number of amides is 1. The van der Waals surface area contributed by atoms with Crippen LogP contribution in [0.25, 0.3) is 0 Å². The smallest absolute Gasteiger partial charge is 0.255 e. The molecule has 0 aliphatic rings. The third kappa shape index (κ3) is 3.26. The van der Waals surface area contributed by atoms with Crippen LogP contribution >= 0.6 is 12.2 Å². The fourth-order valence-corrected chi connectivity index (χ4v) is 1.82. The van der Waals surface area contributed by atoms with Gasteiger partial charge < -0.3 is 11.1 Å². The predicted molar refractivity (Wildman–Crippen MR) is 70.9 cm³/mol. The van der Waals surface area contributed by atoms with Crippen LogP contribution in [0.5, 0.6) is 0 Å². The number of aromatic nitrogens is 2. The van der Waals surface area contributed by atoms with Crippen molar-refractivity contribution in [1.29, 1.82) is 0 Å². The minimum atomic E-state index is -0.262. The van der Waals surface area contributed by atoms with Crippen molar-refractivity contribution in [3.63, 3.8) is 0 Å². The van der Waals surface area contributed by atoms with E-state index in [1.54, 1.807) is 17.9 Å². The summed E-state index contributed by atoms with van der Waals surface area (Å²) < 4.78 is 1.63. The summed E-state index contributed by atoms with van der Waals surface area (Å²) in [6, 6.07) is -0.262. The third-order valence-electron chi connectivity index (χ3n) is 2.54. The second kappa shape index (κ2) is 5.77. The highest BCUT2D eigenvalue weighted by Crippen LogP contribution is 2.07. The predicted octanol–water partition coefficient (Wildman–Crippen LogP) is 0.777. The highest BCUT2D eigenvalue weighted by molar-refractivity contribution is 7.80. The molecule has 0 aliphatic carbocycles. The van der Waals surface area contributed by atoms with Crippen molar-refractivity contribution in [2.24, 2.45) is 12.8 Å². The standard InChI is InChI=1S/C11H18N4OS/c1-4-8-7(6-15(3)14-8)11(16)13-9(5-2)10(12)17/h6,9H,4-5H2,1-3H3,(H2,12,17)(H,13,16). The van der Waals surface area contributed by atoms with Gasteiger partial charge in [0.2, 0.25) is 0 Å². The summed E-state index contributed by atoms with van der Waals surface area (Å²) in [5.41, 5.74) is 6.91. The van der Waals surface area contributed by atoms with Crippen LogP contribution in [0, 0.1) is 0 Å². The lowest BCUT2D eigenvalue weighted by molar-refractivity contribution is 0.0945. The number of nitrogens with zero attached hydrogens (tertiary/aromatic N) is 2. The van der Waals surface area contributed by atoms with Gasteiger partial charge in [0.05, 0.1) is 22.3 Å². The minimum absolute atomic E-state index is 0.172. The molecule has 0 fully saturated rings. The SMILES string of the molecule is CCc1nn(C)cc1C(=O)NC(CC)C(N)=S. The largest absolute Gasteiger partial charge is 0.392 e. The summed E-state index contributed by atoms with van der Waals surface area (Å²) in [6.07, 6.45) is 3.11. The Bertz CT molecular complexity index is 427. The van der Waals surface area contributed by atoms with Gasteiger partial charge in [-0.15, -0.1) is 0 Å². The van der Waals surface area contributed by atoms with Crippen LogP contribution in [0.3, 0.4) is 0 Å². The zero-order valence-corrected chi connectivity index (χ0v) is 11.2. The Morgan fingerprint density at radius 3 is 2.76 bits per heavy atom. The molecule has 94 valence electrons. The molecule has 17 heavy (non-hydrogen) atoms. The number of carbonyl (C=O) groups excluding carboxylic acids is 1. The van der Waals surface area contributed by atoms with Gasteiger partial charge in [-0.2, -0.15) is 5.10 Å². The van der Waals surface area contributed by atoms with Crippen LogP contribution in [0.1, 0.15) is 36.3 Å². The fourth-order valence-electron chi connectivity index (χ4n) is 1.60. The Morgan fingerprint density at radius 1 is 1.65 bits per heavy atom. The summed E-state index contributed by atoms with van der Waals surface area (Å²) >= 11 is 4.89. The molecule has 1 rings (SSSR count). The molecule has 1 amide bonds. The van der Waals surface area contributed by atoms with Gasteiger partial charge in [-0.3, -0.25) is 9.48 Å². The van der Waals surface area contributed by atoms with E-state index in [1.165, 1.54) is 0 Å². The second-order valence-corrected chi connectivity index (χ2v) is 4.32. The van der Waals surface area contributed by atoms with Crippen LogP contribution in [-0.2, 0) is 13.5 Å². The highest BCUT2D eigenvalue weighted by Gasteiger charge is 2.18. The number of rotatable bonds is 5. The number of hydrogen-bond donors (Lipinski definition) is 2. The van der Waals surface area contributed by atoms with Crippen LogP contribution in [0.15, 0.2) is 6.20 Å². The molecular weight excluding hydrogens is 236 g/mol. The zero-order valence-electron chi connectivity index (χ0n) is 10.4. The van der Waals surface area contributed by atoms with Gasteiger partial charge >= 0.3 is 0 Å². The molecule has 1 unspecified atom stereocenters. The monoisotopic (exact) mass is 254 g/mol. The van der Waals surface area contributed by atoms with E-state index in [1.807, 2.05) is 13.8 Å². The van der Waals surface area contributed by atoms with Crippen molar-refractivity contribution in [2.75, 3.05) is 0 Å². The van der Waals surface area contributed by atoms with Gasteiger partial charge in [0.15, 0.2) is 0 Å². The van der Waals surface area contributed by atoms with E-state index in [-0.39, 0.29) is 11.9 Å². The first-order valence-electron chi connectivity index (χ1n) is 5.62. The van der Waals surface area contributed by atoms with Crippen molar-refractivity contribution in [2.45, 2.75) is 32.7 Å². The number of nitrogens with one attached hydrogen (secondary N) is 1. The van der Waals surface area contributed by atoms with Gasteiger partial charge in [0.25, 0.3) is 5.91 Å². The summed E-state index contributed by atoms with van der Waals surface area (Å²) in [5.74, 6) is -0.172. The van der Waals surface area contributed by atoms with Gasteiger partial charge in [-0.1, -0.05) is 26.1 Å². The third-order valence-corrected chi connectivity index (χ3v) is 2.83. The first kappa shape index (κ1) is 13.6. The number of carbonyl (C=O) groups is 1. The summed E-state index contributed by atoms with van der Waals surface area (Å²) in [5, 5.41) is 7.03. The molecule has 0 saturated heterocycles. The topological polar surface area (TPSA) is 72.9 Å². The van der Waals surface area contributed by atoms with Crippen molar-refractivity contribution in [1.82, 2.24) is 15.1 Å². The molecule has 5 nitrogen and oxygen atoms in total. The van der Waals surface area contributed by atoms with E-state index in [0.29, 0.717) is 23.4 Å². The lowest BCUT2D eigenvalue weighted by atomic mass is 10.1. The van der Waals surface area contributed by atoms with Crippen molar-refractivity contribution in [3.05, 3.63) is 17.5 Å². The maximum Gasteiger partial charge on any atom is 0.255 e. The van der Waals surface area contributed by atoms with Crippen LogP contribution in [-0.4, -0.2) is 26.7 Å². The molecule has 0 aliphatic heterocycles. The first-order chi connectivity index (χ1) is 7.99. The summed E-state index contributed by atoms with van der Waals surface area (Å²) in [6.45, 7) is 3.89. The average Bonchev–Trinajstić information content (AvgIpc) is 2.66. The molecule has 1 heterocycles. The Morgan fingerprint density at radius 2 is 2.29 bits per heavy atom. The fraction of sp³-hybridized carbons (Fsp3) is 0.545. The quantitative estimate of drug-likeness (QED) is 0.762. The normalized spacial score (nSPS) is 12.2. The lowest BCUT2D eigenvalue weighted by Gasteiger charge is -2.14. The van der Waals surface area contributed by atoms with E-state index in [4.69, 9.17) is 18.0 Å². The Balaban J connectivity index is 2.85. The van der Waals surface area contributed by atoms with Crippen molar-refractivity contribution < 1.29 is 4.79 Å². The molecule has 6 heteroatoms. The second-order valence-electron chi connectivity index (χ2n) is 3.85. The van der Waals surface area contributed by atoms with Gasteiger partial charge in [-0.25, -0.2) is 0 Å². The Kier molecular flexibility index (Phi) is 4.62. The maximum absolute atomic E-state index is 12.0. The highest BCUT2D eigenvalue weighted by atomic mass is 32.1. The zero-order chi connectivity index (χ0) is 13.0. The van der Waals surface area contributed by atoms with E-state index < -0.39 is 0 Å². The van der Waals surface area contributed by atoms with Gasteiger partial charge in [-0.05, 0) is 12.8 Å². The maximum atomic E-state index is 12.0. The minimum Gasteiger partial charge on any atom is -0.392 e. The summed E-state index contributed by atoms with van der Waals surface area (Å²) in [4.78, 5) is 12.3. The van der Waals surface area contributed by atoms with Crippen molar-refractivity contribution >= 4 is 23.1 Å². The molecule has 1 aromatic heterocycles. The first-order valence-corrected chi connectivity index (χ1v) is 6.03. The Hall–Kier alpha value is -1.43. The van der Waals surface area contributed by atoms with E-state index in [9.17, 15) is 4.79 Å². The lowest BCUT2D eigenvalue weighted by Crippen LogP contribution is -2.43. The molecule has 1 aromatic rings. The molecule has 0 spiro atoms. The molecule has 0 bridgehead atoms. The van der Waals surface area contributed by atoms with Gasteiger partial charge in [0.1, 0.15) is 0 Å². The average molecular weight is 254 g/mol.